The maximum Gasteiger partial charge on any atom is 0.260 e. The Morgan fingerprint density at radius 3 is 3.00 bits per heavy atom. The number of hydrogen-bond acceptors (Lipinski definition) is 3. The molecule has 1 amide bonds. The molecule has 1 saturated carbocycles. The lowest BCUT2D eigenvalue weighted by Gasteiger charge is -2.08. The van der Waals surface area contributed by atoms with Crippen LogP contribution >= 0.6 is 0 Å². The highest BCUT2D eigenvalue weighted by atomic mass is 16.2. The Bertz CT molecular complexity index is 697. The number of aromatic amines is 1. The number of aryl methyl sites for hydroxylation is 1. The molecule has 0 radical (unpaired) electrons. The molecule has 1 aliphatic carbocycles. The summed E-state index contributed by atoms with van der Waals surface area (Å²) in [6.07, 6.45) is 5.86. The molecule has 0 saturated heterocycles. The highest BCUT2D eigenvalue weighted by molar-refractivity contribution is 5.93. The standard InChI is InChI=1S/C14H16N4O2/c1-9-2-5-12(14(20)17-9)13(19)16-7-11-6-15-8-18(11)10-3-4-10/h2,5-6,8,10H,3-4,7H2,1H3,(H,16,19)(H,17,20). The molecule has 2 aromatic heterocycles. The molecular formula is C14H16N4O2. The first kappa shape index (κ1) is 12.7. The minimum absolute atomic E-state index is 0.132. The van der Waals surface area contributed by atoms with Gasteiger partial charge in [0.25, 0.3) is 11.5 Å². The maximum absolute atomic E-state index is 12.0. The molecule has 0 unspecified atom stereocenters. The van der Waals surface area contributed by atoms with Gasteiger partial charge in [0, 0.05) is 17.9 Å². The molecule has 0 aliphatic heterocycles. The van der Waals surface area contributed by atoms with Gasteiger partial charge in [-0.2, -0.15) is 0 Å². The van der Waals surface area contributed by atoms with Crippen LogP contribution in [-0.2, 0) is 6.54 Å². The number of pyridine rings is 1. The van der Waals surface area contributed by atoms with E-state index in [1.165, 1.54) is 0 Å². The van der Waals surface area contributed by atoms with Crippen LogP contribution in [0.25, 0.3) is 0 Å². The monoisotopic (exact) mass is 272 g/mol. The predicted molar refractivity (Wildman–Crippen MR) is 73.5 cm³/mol. The van der Waals surface area contributed by atoms with E-state index in [1.807, 2.05) is 0 Å². The number of H-pyrrole nitrogens is 1. The zero-order chi connectivity index (χ0) is 14.1. The van der Waals surface area contributed by atoms with E-state index < -0.39 is 0 Å². The number of imidazole rings is 1. The minimum atomic E-state index is -0.366. The highest BCUT2D eigenvalue weighted by Crippen LogP contribution is 2.35. The lowest BCUT2D eigenvalue weighted by molar-refractivity contribution is 0.0948. The molecule has 0 atom stereocenters. The van der Waals surface area contributed by atoms with Gasteiger partial charge in [0.2, 0.25) is 0 Å². The van der Waals surface area contributed by atoms with E-state index in [0.717, 1.165) is 24.2 Å². The summed E-state index contributed by atoms with van der Waals surface area (Å²) >= 11 is 0. The van der Waals surface area contributed by atoms with Crippen LogP contribution in [0, 0.1) is 6.92 Å². The van der Waals surface area contributed by atoms with Crippen LogP contribution in [0.15, 0.2) is 29.5 Å². The Hall–Kier alpha value is -2.37. The molecule has 6 heteroatoms. The first-order valence-corrected chi connectivity index (χ1v) is 6.64. The number of aromatic nitrogens is 3. The summed E-state index contributed by atoms with van der Waals surface area (Å²) in [5.74, 6) is -0.366. The van der Waals surface area contributed by atoms with Crippen LogP contribution in [0.5, 0.6) is 0 Å². The molecule has 1 fully saturated rings. The average molecular weight is 272 g/mol. The highest BCUT2D eigenvalue weighted by Gasteiger charge is 2.25. The molecule has 2 heterocycles. The van der Waals surface area contributed by atoms with E-state index in [2.05, 4.69) is 19.9 Å². The van der Waals surface area contributed by atoms with Crippen molar-refractivity contribution in [3.63, 3.8) is 0 Å². The van der Waals surface area contributed by atoms with Crippen molar-refractivity contribution < 1.29 is 4.79 Å². The summed E-state index contributed by atoms with van der Waals surface area (Å²) in [6.45, 7) is 2.15. The molecule has 1 aliphatic rings. The molecule has 20 heavy (non-hydrogen) atoms. The minimum Gasteiger partial charge on any atom is -0.346 e. The van der Waals surface area contributed by atoms with Crippen molar-refractivity contribution in [3.05, 3.63) is 52.0 Å². The van der Waals surface area contributed by atoms with Gasteiger partial charge in [-0.3, -0.25) is 9.59 Å². The first-order valence-electron chi connectivity index (χ1n) is 6.64. The summed E-state index contributed by atoms with van der Waals surface area (Å²) < 4.78 is 2.08. The third-order valence-electron chi connectivity index (χ3n) is 3.42. The third kappa shape index (κ3) is 2.49. The van der Waals surface area contributed by atoms with Gasteiger partial charge in [-0.1, -0.05) is 0 Å². The number of nitrogens with one attached hydrogen (secondary N) is 2. The quantitative estimate of drug-likeness (QED) is 0.876. The Kier molecular flexibility index (Phi) is 3.14. The van der Waals surface area contributed by atoms with Gasteiger partial charge in [-0.05, 0) is 31.9 Å². The van der Waals surface area contributed by atoms with Crippen molar-refractivity contribution in [3.8, 4) is 0 Å². The SMILES string of the molecule is Cc1ccc(C(=O)NCc2cncn2C2CC2)c(=O)[nH]1. The zero-order valence-electron chi connectivity index (χ0n) is 11.2. The molecule has 0 bridgehead atoms. The van der Waals surface area contributed by atoms with Crippen molar-refractivity contribution in [1.29, 1.82) is 0 Å². The van der Waals surface area contributed by atoms with Gasteiger partial charge < -0.3 is 14.9 Å². The Morgan fingerprint density at radius 2 is 2.30 bits per heavy atom. The van der Waals surface area contributed by atoms with E-state index in [9.17, 15) is 9.59 Å². The van der Waals surface area contributed by atoms with Crippen molar-refractivity contribution >= 4 is 5.91 Å². The average Bonchev–Trinajstić information content (AvgIpc) is 3.15. The number of hydrogen-bond donors (Lipinski definition) is 2. The van der Waals surface area contributed by atoms with Crippen LogP contribution in [0.1, 0.15) is 40.6 Å². The zero-order valence-corrected chi connectivity index (χ0v) is 11.2. The number of rotatable bonds is 4. The summed E-state index contributed by atoms with van der Waals surface area (Å²) in [6, 6.07) is 3.78. The fraction of sp³-hybridized carbons (Fsp3) is 0.357. The molecule has 2 N–H and O–H groups in total. The molecule has 0 spiro atoms. The number of carbonyl (C=O) groups excluding carboxylic acids is 1. The Balaban J connectivity index is 1.70. The third-order valence-corrected chi connectivity index (χ3v) is 3.42. The lowest BCUT2D eigenvalue weighted by Crippen LogP contribution is -2.30. The van der Waals surface area contributed by atoms with Gasteiger partial charge >= 0.3 is 0 Å². The van der Waals surface area contributed by atoms with Crippen molar-refractivity contribution in [2.45, 2.75) is 32.4 Å². The molecule has 2 aromatic rings. The number of amides is 1. The molecule has 3 rings (SSSR count). The van der Waals surface area contributed by atoms with Gasteiger partial charge in [0.1, 0.15) is 5.56 Å². The van der Waals surface area contributed by atoms with E-state index in [-0.39, 0.29) is 17.0 Å². The predicted octanol–water partition coefficient (Wildman–Crippen LogP) is 1.14. The van der Waals surface area contributed by atoms with E-state index in [0.29, 0.717) is 12.6 Å². The summed E-state index contributed by atoms with van der Waals surface area (Å²) in [7, 11) is 0. The second-order valence-corrected chi connectivity index (χ2v) is 5.09. The Morgan fingerprint density at radius 1 is 1.50 bits per heavy atom. The van der Waals surface area contributed by atoms with Gasteiger partial charge in [0.05, 0.1) is 18.6 Å². The maximum atomic E-state index is 12.0. The molecular weight excluding hydrogens is 256 g/mol. The smallest absolute Gasteiger partial charge is 0.260 e. The van der Waals surface area contributed by atoms with Crippen LogP contribution in [0.4, 0.5) is 0 Å². The van der Waals surface area contributed by atoms with Crippen LogP contribution < -0.4 is 10.9 Å². The van der Waals surface area contributed by atoms with Crippen molar-refractivity contribution in [1.82, 2.24) is 19.9 Å². The van der Waals surface area contributed by atoms with Crippen LogP contribution in [-0.4, -0.2) is 20.4 Å². The molecule has 6 nitrogen and oxygen atoms in total. The lowest BCUT2D eigenvalue weighted by atomic mass is 10.2. The fourth-order valence-electron chi connectivity index (χ4n) is 2.17. The molecule has 104 valence electrons. The van der Waals surface area contributed by atoms with E-state index in [1.54, 1.807) is 31.6 Å². The van der Waals surface area contributed by atoms with Crippen LogP contribution in [0.3, 0.4) is 0 Å². The van der Waals surface area contributed by atoms with Gasteiger partial charge in [-0.15, -0.1) is 0 Å². The van der Waals surface area contributed by atoms with Crippen LogP contribution in [0.2, 0.25) is 0 Å². The largest absolute Gasteiger partial charge is 0.346 e. The van der Waals surface area contributed by atoms with E-state index in [4.69, 9.17) is 0 Å². The summed E-state index contributed by atoms with van der Waals surface area (Å²) in [5, 5.41) is 2.76. The first-order chi connectivity index (χ1) is 9.65. The fourth-order valence-corrected chi connectivity index (χ4v) is 2.17. The van der Waals surface area contributed by atoms with Crippen molar-refractivity contribution in [2.24, 2.45) is 0 Å². The normalized spacial score (nSPS) is 14.2. The van der Waals surface area contributed by atoms with E-state index >= 15 is 0 Å². The molecule has 0 aromatic carbocycles. The summed E-state index contributed by atoms with van der Waals surface area (Å²) in [5.41, 5.74) is 1.47. The number of nitrogens with zero attached hydrogens (tertiary/aromatic N) is 2. The summed E-state index contributed by atoms with van der Waals surface area (Å²) in [4.78, 5) is 30.4. The number of carbonyl (C=O) groups is 1. The topological polar surface area (TPSA) is 79.8 Å². The van der Waals surface area contributed by atoms with Crippen molar-refractivity contribution in [2.75, 3.05) is 0 Å². The second kappa shape index (κ2) is 4.96. The Labute approximate surface area is 115 Å². The second-order valence-electron chi connectivity index (χ2n) is 5.09. The van der Waals surface area contributed by atoms with Gasteiger partial charge in [-0.25, -0.2) is 4.98 Å². The van der Waals surface area contributed by atoms with Gasteiger partial charge in [0.15, 0.2) is 0 Å².